The molecule has 1 atom stereocenters. The quantitative estimate of drug-likeness (QED) is 0.476. The van der Waals surface area contributed by atoms with E-state index in [0.717, 1.165) is 17.9 Å². The Bertz CT molecular complexity index is 1200. The number of nitrogens with zero attached hydrogens (tertiary/aromatic N) is 1. The summed E-state index contributed by atoms with van der Waals surface area (Å²) in [5.74, 6) is 1.15. The van der Waals surface area contributed by atoms with Gasteiger partial charge in [-0.15, -0.1) is 0 Å². The Labute approximate surface area is 182 Å². The number of fused-ring (bicyclic) bond motifs is 4. The van der Waals surface area contributed by atoms with E-state index >= 15 is 0 Å². The molecule has 2 aliphatic heterocycles. The van der Waals surface area contributed by atoms with Crippen molar-refractivity contribution in [3.05, 3.63) is 125 Å². The van der Waals surface area contributed by atoms with Crippen LogP contribution in [0.2, 0.25) is 0 Å². The fourth-order valence-corrected chi connectivity index (χ4v) is 5.29. The van der Waals surface area contributed by atoms with Gasteiger partial charge >= 0.3 is 0 Å². The molecule has 1 N–H and O–H groups in total. The van der Waals surface area contributed by atoms with E-state index in [9.17, 15) is 5.11 Å². The zero-order chi connectivity index (χ0) is 20.8. The first-order valence-electron chi connectivity index (χ1n) is 10.7. The number of phenols is 1. The molecule has 0 fully saturated rings. The Morgan fingerprint density at radius 2 is 1.39 bits per heavy atom. The highest BCUT2D eigenvalue weighted by Crippen LogP contribution is 2.54. The lowest BCUT2D eigenvalue weighted by molar-refractivity contribution is 0.298. The summed E-state index contributed by atoms with van der Waals surface area (Å²) >= 11 is 0. The fraction of sp³-hybridized carbons (Fsp3) is 0.143. The average molecular weight is 405 g/mol. The number of hydrogen-bond donors (Lipinski definition) is 1. The number of benzene rings is 4. The van der Waals surface area contributed by atoms with E-state index < -0.39 is 0 Å². The Morgan fingerprint density at radius 1 is 0.742 bits per heavy atom. The van der Waals surface area contributed by atoms with Crippen molar-refractivity contribution in [2.45, 2.75) is 11.5 Å². The van der Waals surface area contributed by atoms with Crippen LogP contribution in [0.3, 0.4) is 0 Å². The molecule has 0 aliphatic carbocycles. The first-order valence-corrected chi connectivity index (χ1v) is 10.7. The second-order valence-electron chi connectivity index (χ2n) is 8.42. The molecule has 3 heteroatoms. The maximum atomic E-state index is 10.2. The van der Waals surface area contributed by atoms with Gasteiger partial charge in [0.1, 0.15) is 18.1 Å². The molecule has 3 nitrogen and oxygen atoms in total. The van der Waals surface area contributed by atoms with Gasteiger partial charge in [0, 0.05) is 17.8 Å². The smallest absolute Gasteiger partial charge is 0.123 e. The Hall–Kier alpha value is -3.72. The van der Waals surface area contributed by atoms with Crippen molar-refractivity contribution < 1.29 is 9.84 Å². The highest BCUT2D eigenvalue weighted by Gasteiger charge is 2.51. The molecule has 31 heavy (non-hydrogen) atoms. The average Bonchev–Trinajstić information content (AvgIpc) is 3.35. The third kappa shape index (κ3) is 2.73. The largest absolute Gasteiger partial charge is 0.508 e. The van der Waals surface area contributed by atoms with E-state index in [2.05, 4.69) is 89.8 Å². The SMILES string of the molecule is Oc1ccc2c(c1)C1(CO2)CN(C(c2ccccc2)c2ccccc2)c2ccccc21. The standard InChI is InChI=1S/C28H23NO2/c30-22-15-16-26-24(17-22)28(19-31-26)18-29(25-14-8-7-13-23(25)28)27(20-9-3-1-4-10-20)21-11-5-2-6-12-21/h1-17,27,30H,18-19H2. The number of hydrogen-bond acceptors (Lipinski definition) is 3. The summed E-state index contributed by atoms with van der Waals surface area (Å²) in [6.45, 7) is 1.37. The van der Waals surface area contributed by atoms with Crippen LogP contribution >= 0.6 is 0 Å². The van der Waals surface area contributed by atoms with Gasteiger partial charge in [0.2, 0.25) is 0 Å². The van der Waals surface area contributed by atoms with E-state index in [1.54, 1.807) is 6.07 Å². The summed E-state index contributed by atoms with van der Waals surface area (Å²) in [7, 11) is 0. The van der Waals surface area contributed by atoms with Gasteiger partial charge in [0.05, 0.1) is 11.5 Å². The number of ether oxygens (including phenoxy) is 1. The number of anilines is 1. The number of rotatable bonds is 3. The lowest BCUT2D eigenvalue weighted by atomic mass is 9.77. The van der Waals surface area contributed by atoms with Crippen molar-refractivity contribution in [2.75, 3.05) is 18.1 Å². The summed E-state index contributed by atoms with van der Waals surface area (Å²) in [4.78, 5) is 2.50. The third-order valence-electron chi connectivity index (χ3n) is 6.66. The predicted molar refractivity (Wildman–Crippen MR) is 123 cm³/mol. The van der Waals surface area contributed by atoms with Crippen molar-refractivity contribution in [3.8, 4) is 11.5 Å². The normalized spacial score (nSPS) is 18.8. The molecule has 0 aromatic heterocycles. The van der Waals surface area contributed by atoms with Gasteiger partial charge in [0.25, 0.3) is 0 Å². The molecular weight excluding hydrogens is 382 g/mol. The van der Waals surface area contributed by atoms with E-state index in [1.165, 1.54) is 22.4 Å². The molecule has 0 saturated carbocycles. The molecule has 4 aromatic carbocycles. The molecule has 2 heterocycles. The van der Waals surface area contributed by atoms with Gasteiger partial charge in [-0.25, -0.2) is 0 Å². The van der Waals surface area contributed by atoms with Crippen LogP contribution in [0.25, 0.3) is 0 Å². The minimum Gasteiger partial charge on any atom is -0.508 e. The molecule has 0 bridgehead atoms. The zero-order valence-corrected chi connectivity index (χ0v) is 17.1. The lowest BCUT2D eigenvalue weighted by Gasteiger charge is -2.33. The molecule has 6 rings (SSSR count). The van der Waals surface area contributed by atoms with Crippen molar-refractivity contribution in [3.63, 3.8) is 0 Å². The van der Waals surface area contributed by atoms with Crippen LogP contribution in [0.4, 0.5) is 5.69 Å². The van der Waals surface area contributed by atoms with E-state index in [1.807, 2.05) is 12.1 Å². The minimum absolute atomic E-state index is 0.0873. The maximum Gasteiger partial charge on any atom is 0.123 e. The van der Waals surface area contributed by atoms with E-state index in [4.69, 9.17) is 4.74 Å². The predicted octanol–water partition coefficient (Wildman–Crippen LogP) is 5.68. The van der Waals surface area contributed by atoms with Crippen LogP contribution in [0.1, 0.15) is 28.3 Å². The summed E-state index contributed by atoms with van der Waals surface area (Å²) in [5, 5.41) is 10.2. The molecule has 152 valence electrons. The lowest BCUT2D eigenvalue weighted by Crippen LogP contribution is -2.38. The summed E-state index contributed by atoms with van der Waals surface area (Å²) in [5.41, 5.74) is 5.77. The first-order chi connectivity index (χ1) is 15.3. The Balaban J connectivity index is 1.55. The van der Waals surface area contributed by atoms with Gasteiger partial charge in [0.15, 0.2) is 0 Å². The molecule has 1 spiro atoms. The monoisotopic (exact) mass is 405 g/mol. The molecule has 4 aromatic rings. The van der Waals surface area contributed by atoms with Gasteiger partial charge in [-0.3, -0.25) is 0 Å². The number of aromatic hydroxyl groups is 1. The topological polar surface area (TPSA) is 32.7 Å². The minimum atomic E-state index is -0.299. The van der Waals surface area contributed by atoms with Crippen molar-refractivity contribution in [1.29, 1.82) is 0 Å². The highest BCUT2D eigenvalue weighted by atomic mass is 16.5. The van der Waals surface area contributed by atoms with E-state index in [0.29, 0.717) is 6.61 Å². The molecule has 2 aliphatic rings. The number of para-hydroxylation sites is 1. The molecule has 1 unspecified atom stereocenters. The van der Waals surface area contributed by atoms with Crippen molar-refractivity contribution in [1.82, 2.24) is 0 Å². The van der Waals surface area contributed by atoms with Gasteiger partial charge in [-0.05, 0) is 41.0 Å². The summed E-state index contributed by atoms with van der Waals surface area (Å²) in [6.07, 6.45) is 0. The van der Waals surface area contributed by atoms with Crippen LogP contribution in [-0.4, -0.2) is 18.3 Å². The van der Waals surface area contributed by atoms with Crippen LogP contribution in [-0.2, 0) is 5.41 Å². The molecule has 0 radical (unpaired) electrons. The van der Waals surface area contributed by atoms with Crippen molar-refractivity contribution in [2.24, 2.45) is 0 Å². The van der Waals surface area contributed by atoms with Crippen LogP contribution in [0.15, 0.2) is 103 Å². The first kappa shape index (κ1) is 18.1. The van der Waals surface area contributed by atoms with Gasteiger partial charge < -0.3 is 14.7 Å². The molecule has 0 saturated heterocycles. The van der Waals surface area contributed by atoms with Crippen LogP contribution < -0.4 is 9.64 Å². The molecular formula is C28H23NO2. The van der Waals surface area contributed by atoms with Crippen LogP contribution in [0, 0.1) is 0 Å². The van der Waals surface area contributed by atoms with Gasteiger partial charge in [-0.1, -0.05) is 78.9 Å². The Morgan fingerprint density at radius 3 is 2.10 bits per heavy atom. The van der Waals surface area contributed by atoms with Gasteiger partial charge in [-0.2, -0.15) is 0 Å². The molecule has 0 amide bonds. The fourth-order valence-electron chi connectivity index (χ4n) is 5.29. The summed E-state index contributed by atoms with van der Waals surface area (Å²) < 4.78 is 6.15. The van der Waals surface area contributed by atoms with E-state index in [-0.39, 0.29) is 17.2 Å². The third-order valence-corrected chi connectivity index (χ3v) is 6.66. The highest BCUT2D eigenvalue weighted by molar-refractivity contribution is 5.71. The zero-order valence-electron chi connectivity index (χ0n) is 17.1. The maximum absolute atomic E-state index is 10.2. The Kier molecular flexibility index (Phi) is 4.03. The van der Waals surface area contributed by atoms with Crippen LogP contribution in [0.5, 0.6) is 11.5 Å². The summed E-state index contributed by atoms with van der Waals surface area (Å²) in [6, 6.07) is 35.6. The number of phenolic OH excluding ortho intramolecular Hbond substituents is 1. The van der Waals surface area contributed by atoms with Crippen molar-refractivity contribution >= 4 is 5.69 Å². The second-order valence-corrected chi connectivity index (χ2v) is 8.42. The second kappa shape index (κ2) is 6.92.